The molecule has 368 valence electrons. The van der Waals surface area contributed by atoms with Crippen molar-refractivity contribution in [3.05, 3.63) is 106 Å². The van der Waals surface area contributed by atoms with Crippen molar-refractivity contribution in [1.29, 1.82) is 0 Å². The van der Waals surface area contributed by atoms with E-state index in [1.54, 1.807) is 13.8 Å². The lowest BCUT2D eigenvalue weighted by Gasteiger charge is -2.29. The highest BCUT2D eigenvalue weighted by molar-refractivity contribution is 7.91. The number of amidine groups is 2. The Kier molecular flexibility index (Phi) is 17.1. The number of nitrogens with one attached hydrogen (secondary N) is 1. The number of nitrogens with two attached hydrogens (primary N) is 2. The lowest BCUT2D eigenvalue weighted by atomic mass is 9.91. The number of aliphatic imine (C=N–C) groups is 2. The number of sulfonamides is 2. The number of halogens is 2. The van der Waals surface area contributed by atoms with Gasteiger partial charge in [0.1, 0.15) is 49.6 Å². The fraction of sp³-hybridized carbons (Fsp3) is 0.415. The summed E-state index contributed by atoms with van der Waals surface area (Å²) in [5.41, 5.74) is 18.6. The molecule has 23 nitrogen and oxygen atoms in total. The molecule has 2 atom stereocenters. The van der Waals surface area contributed by atoms with Gasteiger partial charge in [0.2, 0.25) is 31.8 Å². The van der Waals surface area contributed by atoms with E-state index < -0.39 is 64.1 Å². The van der Waals surface area contributed by atoms with E-state index >= 15 is 0 Å². The number of benzene rings is 2. The summed E-state index contributed by atoms with van der Waals surface area (Å²) >= 11 is 0. The van der Waals surface area contributed by atoms with Crippen molar-refractivity contribution in [1.82, 2.24) is 28.5 Å². The number of carboxylic acids is 1. The minimum atomic E-state index is -3.83. The van der Waals surface area contributed by atoms with Gasteiger partial charge in [-0.1, -0.05) is 12.5 Å². The van der Waals surface area contributed by atoms with Crippen molar-refractivity contribution in [2.45, 2.75) is 69.5 Å². The van der Waals surface area contributed by atoms with E-state index in [-0.39, 0.29) is 72.0 Å². The molecule has 6 rings (SSSR count). The summed E-state index contributed by atoms with van der Waals surface area (Å²) in [5.74, 6) is -2.55. The van der Waals surface area contributed by atoms with E-state index in [9.17, 15) is 35.2 Å². The monoisotopic (exact) mass is 988 g/mol. The number of aromatic nitrogens is 4. The quantitative estimate of drug-likeness (QED) is 0.105. The predicted octanol–water partition coefficient (Wildman–Crippen LogP) is 4.72. The number of ether oxygens (including phenoxy) is 2. The van der Waals surface area contributed by atoms with E-state index in [4.69, 9.17) is 26.8 Å². The van der Waals surface area contributed by atoms with Gasteiger partial charge in [0.15, 0.2) is 5.69 Å². The summed E-state index contributed by atoms with van der Waals surface area (Å²) in [7, 11) is -1.93. The van der Waals surface area contributed by atoms with Gasteiger partial charge in [0.25, 0.3) is 5.91 Å². The van der Waals surface area contributed by atoms with E-state index in [2.05, 4.69) is 50.0 Å². The van der Waals surface area contributed by atoms with Gasteiger partial charge in [-0.25, -0.2) is 59.0 Å². The van der Waals surface area contributed by atoms with Crippen LogP contribution in [0.4, 0.5) is 20.2 Å². The normalized spacial score (nSPS) is 21.3. The zero-order chi connectivity index (χ0) is 50.5. The number of carbonyl (C=O) groups is 2. The molecule has 4 heterocycles. The maximum Gasteiger partial charge on any atom is 0.356 e. The van der Waals surface area contributed by atoms with Crippen molar-refractivity contribution in [3.63, 3.8) is 0 Å². The highest BCUT2D eigenvalue weighted by atomic mass is 32.2. The second kappa shape index (κ2) is 20.9. The number of amides is 1. The Hall–Kier alpha value is -6.93. The van der Waals surface area contributed by atoms with Gasteiger partial charge >= 0.3 is 5.97 Å². The molecule has 0 saturated carbocycles. The van der Waals surface area contributed by atoms with Crippen LogP contribution in [0.3, 0.4) is 0 Å². The number of anilines is 1. The maximum atomic E-state index is 14.9. The van der Waals surface area contributed by atoms with E-state index in [1.165, 1.54) is 105 Å². The number of hydrogen-bond acceptors (Lipinski definition) is 17. The summed E-state index contributed by atoms with van der Waals surface area (Å²) in [6.45, 7) is 8.75. The van der Waals surface area contributed by atoms with Crippen molar-refractivity contribution >= 4 is 55.0 Å². The van der Waals surface area contributed by atoms with Crippen LogP contribution in [0.25, 0.3) is 10.4 Å². The lowest BCUT2D eigenvalue weighted by Crippen LogP contribution is -2.50. The summed E-state index contributed by atoms with van der Waals surface area (Å²) in [5, 5.41) is 14.5. The number of likely N-dealkylation sites (N-methyl/N-ethyl adjacent to an activating group) is 2. The number of carboxylic acid groups (broad SMARTS) is 1. The Bertz CT molecular complexity index is 2860. The number of azide groups is 1. The molecule has 0 saturated heterocycles. The van der Waals surface area contributed by atoms with Crippen LogP contribution in [0.5, 0.6) is 11.8 Å². The molecule has 0 spiro atoms. The molecule has 2 aliphatic rings. The van der Waals surface area contributed by atoms with Crippen molar-refractivity contribution in [3.8, 4) is 11.8 Å². The smallest absolute Gasteiger partial charge is 0.356 e. The molecule has 0 aliphatic carbocycles. The number of carbonyl (C=O) groups excluding carboxylic acids is 1. The minimum Gasteiger partial charge on any atom is -0.480 e. The Morgan fingerprint density at radius 3 is 1.57 bits per heavy atom. The summed E-state index contributed by atoms with van der Waals surface area (Å²) in [6, 6.07) is 7.79. The van der Waals surface area contributed by atoms with Crippen LogP contribution >= 0.6 is 0 Å². The third kappa shape index (κ3) is 11.4. The van der Waals surface area contributed by atoms with Crippen LogP contribution in [0, 0.1) is 11.6 Å². The Morgan fingerprint density at radius 2 is 1.18 bits per heavy atom. The predicted molar refractivity (Wildman–Crippen MR) is 250 cm³/mol. The number of rotatable bonds is 8. The van der Waals surface area contributed by atoms with E-state index in [1.807, 2.05) is 0 Å². The molecule has 0 unspecified atom stereocenters. The number of hydrogen-bond donors (Lipinski definition) is 4. The first kappa shape index (κ1) is 55.4. The summed E-state index contributed by atoms with van der Waals surface area (Å²) < 4.78 is 89.3. The average molecular weight is 989 g/mol. The van der Waals surface area contributed by atoms with Crippen molar-refractivity contribution < 1.29 is 49.8 Å². The van der Waals surface area contributed by atoms with E-state index in [0.29, 0.717) is 5.88 Å². The van der Waals surface area contributed by atoms with Gasteiger partial charge in [-0.15, -0.1) is 0 Å². The first-order valence-electron chi connectivity index (χ1n) is 19.6. The van der Waals surface area contributed by atoms with Crippen molar-refractivity contribution in [2.75, 3.05) is 46.7 Å². The number of aromatic carboxylic acids is 1. The second-order valence-corrected chi connectivity index (χ2v) is 21.5. The van der Waals surface area contributed by atoms with Crippen LogP contribution in [-0.2, 0) is 31.1 Å². The highest BCUT2D eigenvalue weighted by Gasteiger charge is 2.49. The molecule has 68 heavy (non-hydrogen) atoms. The molecule has 1 amide bonds. The molecule has 0 fully saturated rings. The first-order valence-corrected chi connectivity index (χ1v) is 22.4. The minimum absolute atomic E-state index is 0. The molecule has 2 aliphatic heterocycles. The molecule has 2 aromatic heterocycles. The number of nitrogens with zero attached hydrogens (tertiary/aromatic N) is 11. The molecule has 0 radical (unpaired) electrons. The third-order valence-corrected chi connectivity index (χ3v) is 15.7. The molecule has 2 aromatic carbocycles. The lowest BCUT2D eigenvalue weighted by molar-refractivity contribution is 0.0689. The van der Waals surface area contributed by atoms with Gasteiger partial charge in [-0.3, -0.25) is 14.8 Å². The molecular formula is C41H54F2N14O9S2. The Balaban J connectivity index is 0.000000298. The van der Waals surface area contributed by atoms with Crippen LogP contribution < -0.4 is 26.3 Å². The van der Waals surface area contributed by atoms with Gasteiger partial charge in [-0.2, -0.15) is 0 Å². The highest BCUT2D eigenvalue weighted by Crippen LogP contribution is 2.38. The fourth-order valence-electron chi connectivity index (χ4n) is 6.56. The van der Waals surface area contributed by atoms with Gasteiger partial charge in [0, 0.05) is 54.6 Å². The zero-order valence-electron chi connectivity index (χ0n) is 38.0. The topological polar surface area (TPSA) is 337 Å². The average Bonchev–Trinajstić information content (AvgIpc) is 3.34. The molecular weight excluding hydrogens is 935 g/mol. The zero-order valence-corrected chi connectivity index (χ0v) is 39.7. The fourth-order valence-corrected chi connectivity index (χ4v) is 9.59. The largest absolute Gasteiger partial charge is 0.480 e. The van der Waals surface area contributed by atoms with Crippen LogP contribution in [-0.4, -0.2) is 125 Å². The summed E-state index contributed by atoms with van der Waals surface area (Å²) in [6.07, 6.45) is 4.94. The van der Waals surface area contributed by atoms with Gasteiger partial charge < -0.3 is 31.4 Å². The summed E-state index contributed by atoms with van der Waals surface area (Å²) in [4.78, 5) is 49.3. The Morgan fingerprint density at radius 1 is 0.750 bits per heavy atom. The molecule has 4 aromatic rings. The standard InChI is InChI=1S/C20H25FN6O4S.C14H19FN6O2S.C6H6N2O3.CH4/c1-19(2)18(22)26-20(3,11-27(4)32(19,29)30)13-8-12(6-7-14(13)21)25-17(28)15-9-24-16(31-5)10-23-15;1-13(2)12(16)18-14(3,8-21(4)24(13,22)23)10-7-9(19-20-17)5-6-11(10)15;1-11-5-3-7-4(2-8-5)6(9)10;/h6-10H,11H2,1-5H3,(H2,22,26)(H,25,28);5-7H,8H2,1-4H3,(H2,16,18);2-3H,1H3,(H,9,10);1H4/t20-;14-;;/m00../s1. The third-order valence-electron chi connectivity index (χ3n) is 10.8. The second-order valence-electron chi connectivity index (χ2n) is 16.3. The van der Waals surface area contributed by atoms with Crippen LogP contribution in [0.15, 0.2) is 76.3 Å². The first-order chi connectivity index (χ1) is 31.0. The number of methoxy groups -OCH3 is 2. The molecule has 6 N–H and O–H groups in total. The molecule has 27 heteroatoms. The molecule has 0 bridgehead atoms. The van der Waals surface area contributed by atoms with Gasteiger partial charge in [0.05, 0.1) is 39.0 Å². The van der Waals surface area contributed by atoms with Crippen LogP contribution in [0.2, 0.25) is 0 Å². The van der Waals surface area contributed by atoms with Gasteiger partial charge in [-0.05, 0) is 83.5 Å². The SMILES string of the molecule is C.CN1C[C@@](C)(c2cc(N=[N+]=[N-])ccc2F)N=C(N)C(C)(C)S1(=O)=O.COc1cnc(C(=O)Nc2ccc(F)c([C@]3(C)CN(C)S(=O)(=O)C(C)(C)C(N)=N3)c2)cn1.COc1cnc(C(=O)O)cn1. The van der Waals surface area contributed by atoms with E-state index in [0.717, 1.165) is 20.9 Å². The van der Waals surface area contributed by atoms with Crippen molar-refractivity contribution in [2.24, 2.45) is 26.6 Å². The Labute approximate surface area is 392 Å². The maximum absolute atomic E-state index is 14.9. The van der Waals surface area contributed by atoms with Crippen LogP contribution in [0.1, 0.15) is 81.1 Å².